The van der Waals surface area contributed by atoms with Gasteiger partial charge in [0.15, 0.2) is 0 Å². The monoisotopic (exact) mass is 219 g/mol. The zero-order valence-corrected chi connectivity index (χ0v) is 9.26. The van der Waals surface area contributed by atoms with E-state index in [-0.39, 0.29) is 0 Å². The Morgan fingerprint density at radius 3 is 3.33 bits per heavy atom. The van der Waals surface area contributed by atoms with Crippen molar-refractivity contribution in [3.05, 3.63) is 23.9 Å². The van der Waals surface area contributed by atoms with Gasteiger partial charge in [0.25, 0.3) is 0 Å². The number of thioether (sulfide) groups is 1. The van der Waals surface area contributed by atoms with Crippen LogP contribution in [0.25, 0.3) is 0 Å². The Kier molecular flexibility index (Phi) is 3.59. The van der Waals surface area contributed by atoms with E-state index in [9.17, 15) is 0 Å². The molecule has 1 aliphatic heterocycles. The van der Waals surface area contributed by atoms with Gasteiger partial charge in [0.2, 0.25) is 0 Å². The predicted octanol–water partition coefficient (Wildman–Crippen LogP) is 1.65. The molecule has 1 saturated heterocycles. The lowest BCUT2D eigenvalue weighted by Crippen LogP contribution is -2.10. The van der Waals surface area contributed by atoms with Crippen molar-refractivity contribution in [3.8, 4) is 6.07 Å². The molecule has 0 aromatic carbocycles. The van der Waals surface area contributed by atoms with Gasteiger partial charge in [-0.15, -0.1) is 11.8 Å². The Balaban J connectivity index is 1.90. The van der Waals surface area contributed by atoms with Crippen LogP contribution in [0.1, 0.15) is 12.0 Å². The number of nitrogens with zero attached hydrogens (tertiary/aromatic N) is 2. The fourth-order valence-electron chi connectivity index (χ4n) is 1.62. The van der Waals surface area contributed by atoms with Crippen molar-refractivity contribution in [1.29, 1.82) is 5.26 Å². The van der Waals surface area contributed by atoms with Crippen molar-refractivity contribution in [2.45, 2.75) is 11.4 Å². The third-order valence-corrected chi connectivity index (χ3v) is 3.65. The summed E-state index contributed by atoms with van der Waals surface area (Å²) in [4.78, 5) is 4.24. The molecule has 78 valence electrons. The Bertz CT molecular complexity index is 366. The minimum Gasteiger partial charge on any atom is -0.316 e. The van der Waals surface area contributed by atoms with Crippen molar-refractivity contribution in [2.75, 3.05) is 18.8 Å². The second-order valence-corrected chi connectivity index (χ2v) is 4.70. The molecule has 3 nitrogen and oxygen atoms in total. The highest BCUT2D eigenvalue weighted by Crippen LogP contribution is 2.21. The zero-order chi connectivity index (χ0) is 10.5. The van der Waals surface area contributed by atoms with Gasteiger partial charge in [-0.1, -0.05) is 0 Å². The maximum Gasteiger partial charge on any atom is 0.0993 e. The molecule has 15 heavy (non-hydrogen) atoms. The summed E-state index contributed by atoms with van der Waals surface area (Å²) in [6, 6.07) is 5.72. The summed E-state index contributed by atoms with van der Waals surface area (Å²) in [7, 11) is 0. The summed E-state index contributed by atoms with van der Waals surface area (Å²) >= 11 is 1.74. The van der Waals surface area contributed by atoms with Crippen LogP contribution in [0.3, 0.4) is 0 Å². The number of rotatable bonds is 3. The lowest BCUT2D eigenvalue weighted by molar-refractivity contribution is 0.662. The van der Waals surface area contributed by atoms with Crippen molar-refractivity contribution in [3.63, 3.8) is 0 Å². The summed E-state index contributed by atoms with van der Waals surface area (Å²) in [5, 5.41) is 13.0. The van der Waals surface area contributed by atoms with E-state index in [0.29, 0.717) is 5.56 Å². The number of nitriles is 1. The van der Waals surface area contributed by atoms with Gasteiger partial charge in [0.1, 0.15) is 0 Å². The van der Waals surface area contributed by atoms with E-state index >= 15 is 0 Å². The standard InChI is InChI=1S/C11H13N3S/c12-6-9-2-4-14-11(5-9)15-8-10-1-3-13-7-10/h2,4-5,10,13H,1,3,7-8H2/t10-/m0/s1. The molecule has 0 radical (unpaired) electrons. The molecule has 0 bridgehead atoms. The first kappa shape index (κ1) is 10.5. The Labute approximate surface area is 93.9 Å². The highest BCUT2D eigenvalue weighted by molar-refractivity contribution is 7.99. The molecule has 4 heteroatoms. The van der Waals surface area contributed by atoms with E-state index in [1.807, 2.05) is 6.07 Å². The van der Waals surface area contributed by atoms with Crippen molar-refractivity contribution >= 4 is 11.8 Å². The van der Waals surface area contributed by atoms with E-state index < -0.39 is 0 Å². The molecular formula is C11H13N3S. The van der Waals surface area contributed by atoms with Gasteiger partial charge in [-0.2, -0.15) is 5.26 Å². The molecule has 0 aliphatic carbocycles. The number of hydrogen-bond acceptors (Lipinski definition) is 4. The summed E-state index contributed by atoms with van der Waals surface area (Å²) in [5.74, 6) is 1.84. The quantitative estimate of drug-likeness (QED) is 0.785. The largest absolute Gasteiger partial charge is 0.316 e. The van der Waals surface area contributed by atoms with Crippen LogP contribution >= 0.6 is 11.8 Å². The Morgan fingerprint density at radius 2 is 2.60 bits per heavy atom. The summed E-state index contributed by atoms with van der Waals surface area (Å²) < 4.78 is 0. The van der Waals surface area contributed by atoms with Crippen molar-refractivity contribution in [1.82, 2.24) is 10.3 Å². The van der Waals surface area contributed by atoms with Gasteiger partial charge in [-0.25, -0.2) is 4.98 Å². The van der Waals surface area contributed by atoms with Crippen LogP contribution in [-0.2, 0) is 0 Å². The fourth-order valence-corrected chi connectivity index (χ4v) is 2.65. The molecular weight excluding hydrogens is 206 g/mol. The average Bonchev–Trinajstić information content (AvgIpc) is 2.79. The van der Waals surface area contributed by atoms with Crippen LogP contribution in [0.2, 0.25) is 0 Å². The minimum atomic E-state index is 0.692. The number of nitrogens with one attached hydrogen (secondary N) is 1. The molecule has 0 amide bonds. The van der Waals surface area contributed by atoms with Crippen LogP contribution in [0.15, 0.2) is 23.4 Å². The number of hydrogen-bond donors (Lipinski definition) is 1. The first-order valence-corrected chi connectivity index (χ1v) is 6.07. The van der Waals surface area contributed by atoms with Crippen molar-refractivity contribution in [2.24, 2.45) is 5.92 Å². The maximum absolute atomic E-state index is 8.74. The van der Waals surface area contributed by atoms with Crippen LogP contribution in [0, 0.1) is 17.2 Å². The third kappa shape index (κ3) is 2.95. The Morgan fingerprint density at radius 1 is 1.67 bits per heavy atom. The molecule has 1 aliphatic rings. The average molecular weight is 219 g/mol. The highest BCUT2D eigenvalue weighted by Gasteiger charge is 2.14. The second kappa shape index (κ2) is 5.15. The van der Waals surface area contributed by atoms with E-state index in [0.717, 1.165) is 29.8 Å². The molecule has 2 rings (SSSR count). The zero-order valence-electron chi connectivity index (χ0n) is 8.44. The van der Waals surface area contributed by atoms with Gasteiger partial charge in [0, 0.05) is 11.9 Å². The topological polar surface area (TPSA) is 48.7 Å². The second-order valence-electron chi connectivity index (χ2n) is 3.66. The third-order valence-electron chi connectivity index (χ3n) is 2.49. The molecule has 1 aromatic rings. The summed E-state index contributed by atoms with van der Waals surface area (Å²) in [6.45, 7) is 2.25. The van der Waals surface area contributed by atoms with Crippen LogP contribution in [0.5, 0.6) is 0 Å². The van der Waals surface area contributed by atoms with Crippen LogP contribution in [0.4, 0.5) is 0 Å². The van der Waals surface area contributed by atoms with Crippen LogP contribution in [-0.4, -0.2) is 23.8 Å². The van der Waals surface area contributed by atoms with Crippen LogP contribution < -0.4 is 5.32 Å². The first-order valence-electron chi connectivity index (χ1n) is 5.08. The lowest BCUT2D eigenvalue weighted by atomic mass is 10.2. The molecule has 0 saturated carbocycles. The lowest BCUT2D eigenvalue weighted by Gasteiger charge is -2.06. The maximum atomic E-state index is 8.74. The normalized spacial score (nSPS) is 20.1. The number of pyridine rings is 1. The smallest absolute Gasteiger partial charge is 0.0993 e. The Hall–Kier alpha value is -1.05. The molecule has 2 heterocycles. The van der Waals surface area contributed by atoms with Gasteiger partial charge >= 0.3 is 0 Å². The van der Waals surface area contributed by atoms with E-state index in [2.05, 4.69) is 16.4 Å². The molecule has 1 fully saturated rings. The molecule has 1 atom stereocenters. The molecule has 1 N–H and O–H groups in total. The first-order chi connectivity index (χ1) is 7.38. The molecule has 0 spiro atoms. The van der Waals surface area contributed by atoms with Gasteiger partial charge < -0.3 is 5.32 Å². The summed E-state index contributed by atoms with van der Waals surface area (Å²) in [6.07, 6.45) is 2.96. The van der Waals surface area contributed by atoms with Gasteiger partial charge in [0.05, 0.1) is 16.7 Å². The van der Waals surface area contributed by atoms with E-state index in [1.54, 1.807) is 24.0 Å². The molecule has 1 aromatic heterocycles. The van der Waals surface area contributed by atoms with Crippen molar-refractivity contribution < 1.29 is 0 Å². The van der Waals surface area contributed by atoms with E-state index in [4.69, 9.17) is 5.26 Å². The fraction of sp³-hybridized carbons (Fsp3) is 0.455. The minimum absolute atomic E-state index is 0.692. The van der Waals surface area contributed by atoms with Gasteiger partial charge in [-0.3, -0.25) is 0 Å². The summed E-state index contributed by atoms with van der Waals surface area (Å²) in [5.41, 5.74) is 0.692. The SMILES string of the molecule is N#Cc1ccnc(SC[C@H]2CCNC2)c1. The molecule has 0 unspecified atom stereocenters. The number of aromatic nitrogens is 1. The van der Waals surface area contributed by atoms with Gasteiger partial charge in [-0.05, 0) is 37.6 Å². The highest BCUT2D eigenvalue weighted by atomic mass is 32.2. The predicted molar refractivity (Wildman–Crippen MR) is 60.7 cm³/mol. The van der Waals surface area contributed by atoms with E-state index in [1.165, 1.54) is 6.42 Å².